The normalized spacial score (nSPS) is 12.3. The summed E-state index contributed by atoms with van der Waals surface area (Å²) in [6.45, 7) is 0. The van der Waals surface area contributed by atoms with Crippen molar-refractivity contribution in [1.29, 1.82) is 0 Å². The molecule has 15 heavy (non-hydrogen) atoms. The second-order valence-corrected chi connectivity index (χ2v) is 3.69. The van der Waals surface area contributed by atoms with E-state index in [2.05, 4.69) is 20.9 Å². The van der Waals surface area contributed by atoms with Crippen LogP contribution in [0.2, 0.25) is 5.02 Å². The van der Waals surface area contributed by atoms with Crippen LogP contribution in [0, 0.1) is 0 Å². The number of alkyl halides is 5. The standard InChI is InChI=1S/C7H2BrClF5N/c8-4-2(9)1-3(7(12,13)14)15-5(4)6(10)11/h1,6H. The molecule has 1 aromatic rings. The summed E-state index contributed by atoms with van der Waals surface area (Å²) in [5.74, 6) is 0. The molecule has 1 aromatic heterocycles. The van der Waals surface area contributed by atoms with Crippen LogP contribution in [0.4, 0.5) is 22.0 Å². The fourth-order valence-corrected chi connectivity index (χ4v) is 1.38. The minimum absolute atomic E-state index is 0.327. The van der Waals surface area contributed by atoms with Crippen molar-refractivity contribution in [3.63, 3.8) is 0 Å². The van der Waals surface area contributed by atoms with E-state index < -0.39 is 29.0 Å². The van der Waals surface area contributed by atoms with Gasteiger partial charge in [0.2, 0.25) is 0 Å². The van der Waals surface area contributed by atoms with E-state index in [9.17, 15) is 22.0 Å². The number of nitrogens with zero attached hydrogens (tertiary/aromatic N) is 1. The van der Waals surface area contributed by atoms with E-state index in [4.69, 9.17) is 11.6 Å². The van der Waals surface area contributed by atoms with Crippen LogP contribution in [0.25, 0.3) is 0 Å². The van der Waals surface area contributed by atoms with Crippen LogP contribution in [-0.2, 0) is 6.18 Å². The topological polar surface area (TPSA) is 12.9 Å². The smallest absolute Gasteiger partial charge is 0.241 e. The van der Waals surface area contributed by atoms with Crippen molar-refractivity contribution in [2.75, 3.05) is 0 Å². The first-order valence-electron chi connectivity index (χ1n) is 3.44. The van der Waals surface area contributed by atoms with Gasteiger partial charge in [-0.1, -0.05) is 11.6 Å². The Morgan fingerprint density at radius 2 is 1.87 bits per heavy atom. The predicted molar refractivity (Wildman–Crippen MR) is 46.9 cm³/mol. The van der Waals surface area contributed by atoms with E-state index >= 15 is 0 Å². The van der Waals surface area contributed by atoms with E-state index in [1.54, 1.807) is 0 Å². The number of aromatic nitrogens is 1. The third kappa shape index (κ3) is 2.78. The van der Waals surface area contributed by atoms with Gasteiger partial charge in [-0.05, 0) is 22.0 Å². The molecular formula is C7H2BrClF5N. The Morgan fingerprint density at radius 1 is 1.33 bits per heavy atom. The fraction of sp³-hybridized carbons (Fsp3) is 0.286. The first kappa shape index (κ1) is 12.6. The molecule has 1 rings (SSSR count). The van der Waals surface area contributed by atoms with Gasteiger partial charge in [-0.2, -0.15) is 13.2 Å². The zero-order chi connectivity index (χ0) is 11.8. The molecule has 0 radical (unpaired) electrons. The summed E-state index contributed by atoms with van der Waals surface area (Å²) in [6, 6.07) is 0.484. The molecule has 1 nitrogen and oxygen atoms in total. The molecule has 0 N–H and O–H groups in total. The van der Waals surface area contributed by atoms with Crippen LogP contribution in [0.1, 0.15) is 17.8 Å². The lowest BCUT2D eigenvalue weighted by Crippen LogP contribution is -2.10. The van der Waals surface area contributed by atoms with Crippen LogP contribution in [0.3, 0.4) is 0 Å². The molecule has 0 fully saturated rings. The number of hydrogen-bond acceptors (Lipinski definition) is 1. The van der Waals surface area contributed by atoms with E-state index in [0.29, 0.717) is 6.07 Å². The van der Waals surface area contributed by atoms with Crippen molar-refractivity contribution >= 4 is 27.5 Å². The van der Waals surface area contributed by atoms with E-state index in [-0.39, 0.29) is 4.47 Å². The summed E-state index contributed by atoms with van der Waals surface area (Å²) in [7, 11) is 0. The molecular weight excluding hydrogens is 308 g/mol. The highest BCUT2D eigenvalue weighted by molar-refractivity contribution is 9.10. The van der Waals surface area contributed by atoms with Crippen molar-refractivity contribution in [3.8, 4) is 0 Å². The van der Waals surface area contributed by atoms with Crippen molar-refractivity contribution in [2.24, 2.45) is 0 Å². The van der Waals surface area contributed by atoms with Crippen LogP contribution >= 0.6 is 27.5 Å². The van der Waals surface area contributed by atoms with E-state index in [1.807, 2.05) is 0 Å². The maximum Gasteiger partial charge on any atom is 0.433 e. The number of hydrogen-bond donors (Lipinski definition) is 0. The fourth-order valence-electron chi connectivity index (χ4n) is 0.807. The van der Waals surface area contributed by atoms with Crippen LogP contribution in [0.15, 0.2) is 10.5 Å². The highest BCUT2D eigenvalue weighted by Crippen LogP contribution is 2.36. The maximum absolute atomic E-state index is 12.3. The molecule has 8 heteroatoms. The van der Waals surface area contributed by atoms with Gasteiger partial charge in [0.25, 0.3) is 6.43 Å². The molecule has 0 amide bonds. The first-order chi connectivity index (χ1) is 6.73. The minimum Gasteiger partial charge on any atom is -0.241 e. The average Bonchev–Trinajstić information content (AvgIpc) is 2.06. The van der Waals surface area contributed by atoms with Crippen molar-refractivity contribution in [2.45, 2.75) is 12.6 Å². The summed E-state index contributed by atoms with van der Waals surface area (Å²) >= 11 is 7.99. The Bertz CT molecular complexity index is 378. The lowest BCUT2D eigenvalue weighted by atomic mass is 10.3. The Balaban J connectivity index is 3.36. The second kappa shape index (κ2) is 4.21. The molecule has 84 valence electrons. The third-order valence-corrected chi connectivity index (χ3v) is 2.80. The Hall–Kier alpha value is -0.430. The molecule has 1 heterocycles. The quantitative estimate of drug-likeness (QED) is 0.698. The molecule has 0 unspecified atom stereocenters. The number of pyridine rings is 1. The summed E-state index contributed by atoms with van der Waals surface area (Å²) in [5.41, 5.74) is -2.46. The van der Waals surface area contributed by atoms with Gasteiger partial charge in [-0.3, -0.25) is 0 Å². The second-order valence-electron chi connectivity index (χ2n) is 2.49. The molecule has 0 aliphatic rings. The molecule has 0 bridgehead atoms. The molecule has 0 aliphatic carbocycles. The van der Waals surface area contributed by atoms with Crippen LogP contribution < -0.4 is 0 Å². The molecule has 0 aliphatic heterocycles. The monoisotopic (exact) mass is 309 g/mol. The van der Waals surface area contributed by atoms with Gasteiger partial charge < -0.3 is 0 Å². The van der Waals surface area contributed by atoms with Crippen LogP contribution in [-0.4, -0.2) is 4.98 Å². The summed E-state index contributed by atoms with van der Waals surface area (Å²) < 4.78 is 60.7. The molecule has 0 spiro atoms. The van der Waals surface area contributed by atoms with Gasteiger partial charge in [0.1, 0.15) is 11.4 Å². The lowest BCUT2D eigenvalue weighted by Gasteiger charge is -2.10. The van der Waals surface area contributed by atoms with Gasteiger partial charge in [-0.25, -0.2) is 13.8 Å². The SMILES string of the molecule is FC(F)c1nc(C(F)(F)F)cc(Cl)c1Br. The summed E-state index contributed by atoms with van der Waals surface area (Å²) in [4.78, 5) is 2.80. The van der Waals surface area contributed by atoms with Crippen molar-refractivity contribution < 1.29 is 22.0 Å². The number of rotatable bonds is 1. The molecule has 0 atom stereocenters. The summed E-state index contributed by atoms with van der Waals surface area (Å²) in [5, 5.41) is -0.451. The lowest BCUT2D eigenvalue weighted by molar-refractivity contribution is -0.141. The van der Waals surface area contributed by atoms with Gasteiger partial charge in [0.15, 0.2) is 0 Å². The largest absolute Gasteiger partial charge is 0.433 e. The highest BCUT2D eigenvalue weighted by Gasteiger charge is 2.34. The van der Waals surface area contributed by atoms with E-state index in [1.165, 1.54) is 0 Å². The minimum atomic E-state index is -4.80. The van der Waals surface area contributed by atoms with Crippen LogP contribution in [0.5, 0.6) is 0 Å². The van der Waals surface area contributed by atoms with Gasteiger partial charge in [0, 0.05) is 0 Å². The Kier molecular flexibility index (Phi) is 3.55. The molecule has 0 saturated heterocycles. The third-order valence-electron chi connectivity index (χ3n) is 1.44. The Morgan fingerprint density at radius 3 is 2.27 bits per heavy atom. The zero-order valence-electron chi connectivity index (χ0n) is 6.75. The highest BCUT2D eigenvalue weighted by atomic mass is 79.9. The van der Waals surface area contributed by atoms with Crippen molar-refractivity contribution in [3.05, 3.63) is 26.9 Å². The first-order valence-corrected chi connectivity index (χ1v) is 4.62. The Labute approximate surface area is 94.4 Å². The molecule has 0 aromatic carbocycles. The zero-order valence-corrected chi connectivity index (χ0v) is 9.09. The maximum atomic E-state index is 12.3. The van der Waals surface area contributed by atoms with Gasteiger partial charge >= 0.3 is 6.18 Å². The number of halogens is 7. The van der Waals surface area contributed by atoms with Gasteiger partial charge in [0.05, 0.1) is 9.50 Å². The van der Waals surface area contributed by atoms with Crippen molar-refractivity contribution in [1.82, 2.24) is 4.98 Å². The predicted octanol–water partition coefficient (Wildman–Crippen LogP) is 4.45. The van der Waals surface area contributed by atoms with E-state index in [0.717, 1.165) is 0 Å². The molecule has 0 saturated carbocycles. The average molecular weight is 310 g/mol. The van der Waals surface area contributed by atoms with Gasteiger partial charge in [-0.15, -0.1) is 0 Å². The summed E-state index contributed by atoms with van der Waals surface area (Å²) in [6.07, 6.45) is -7.92.